The molecule has 34 heavy (non-hydrogen) atoms. The lowest BCUT2D eigenvalue weighted by Crippen LogP contribution is -2.28. The number of halogens is 2. The van der Waals surface area contributed by atoms with Crippen LogP contribution in [0, 0.1) is 5.82 Å². The summed E-state index contributed by atoms with van der Waals surface area (Å²) >= 11 is 7.10. The van der Waals surface area contributed by atoms with Crippen LogP contribution in [0.4, 0.5) is 4.39 Å². The van der Waals surface area contributed by atoms with Gasteiger partial charge in [0, 0.05) is 11.4 Å². The monoisotopic (exact) mass is 496 g/mol. The van der Waals surface area contributed by atoms with Crippen LogP contribution < -0.4 is 5.84 Å². The maximum atomic E-state index is 14.1. The number of carbonyl (C=O) groups is 1. The van der Waals surface area contributed by atoms with E-state index in [1.54, 1.807) is 42.7 Å². The van der Waals surface area contributed by atoms with Gasteiger partial charge in [-0.15, -0.1) is 10.2 Å². The fraction of sp³-hybridized carbons (Fsp3) is 0.130. The van der Waals surface area contributed by atoms with Gasteiger partial charge < -0.3 is 10.3 Å². The lowest BCUT2D eigenvalue weighted by atomic mass is 10.0. The summed E-state index contributed by atoms with van der Waals surface area (Å²) in [5.41, 5.74) is 1.85. The smallest absolute Gasteiger partial charge is 0.253 e. The second-order valence-corrected chi connectivity index (χ2v) is 8.85. The minimum absolute atomic E-state index is 0.00120. The summed E-state index contributed by atoms with van der Waals surface area (Å²) in [4.78, 5) is 13.2. The Morgan fingerprint density at radius 3 is 2.68 bits per heavy atom. The molecule has 0 radical (unpaired) electrons. The first-order valence-corrected chi connectivity index (χ1v) is 11.6. The average molecular weight is 497 g/mol. The van der Waals surface area contributed by atoms with Gasteiger partial charge in [0.1, 0.15) is 17.6 Å². The number of thioether (sulfide) groups is 1. The molecule has 1 atom stereocenters. The van der Waals surface area contributed by atoms with Crippen molar-refractivity contribution in [1.29, 1.82) is 0 Å². The summed E-state index contributed by atoms with van der Waals surface area (Å²) in [6.07, 6.45) is 2.06. The van der Waals surface area contributed by atoms with E-state index in [4.69, 9.17) is 21.9 Å². The molecule has 0 saturated carbocycles. The quantitative estimate of drug-likeness (QED) is 0.311. The highest BCUT2D eigenvalue weighted by Gasteiger charge is 2.35. The molecule has 2 aromatic carbocycles. The standard InChI is InChI=1S/C23H18ClFN6O2S/c24-15-9-7-14(8-10-15)18-12-19(20-6-3-11-33-20)31(29-18)21(32)13-34-23-28-27-22(30(23)26)16-4-1-2-5-17(16)25/h1-11,19H,12-13,26H2. The molecule has 8 nitrogen and oxygen atoms in total. The second-order valence-electron chi connectivity index (χ2n) is 7.47. The van der Waals surface area contributed by atoms with Crippen molar-refractivity contribution in [2.75, 3.05) is 11.6 Å². The van der Waals surface area contributed by atoms with Gasteiger partial charge in [-0.3, -0.25) is 4.79 Å². The molecule has 11 heteroatoms. The van der Waals surface area contributed by atoms with Gasteiger partial charge in [-0.05, 0) is 42.0 Å². The van der Waals surface area contributed by atoms with Crippen LogP contribution in [-0.4, -0.2) is 37.3 Å². The third-order valence-electron chi connectivity index (χ3n) is 5.32. The first kappa shape index (κ1) is 22.2. The first-order valence-electron chi connectivity index (χ1n) is 10.3. The molecule has 0 aliphatic carbocycles. The Balaban J connectivity index is 1.35. The predicted molar refractivity (Wildman–Crippen MR) is 127 cm³/mol. The number of hydrogen-bond donors (Lipinski definition) is 1. The minimum atomic E-state index is -0.461. The van der Waals surface area contributed by atoms with Crippen molar-refractivity contribution in [3.63, 3.8) is 0 Å². The van der Waals surface area contributed by atoms with E-state index in [1.165, 1.54) is 15.8 Å². The zero-order chi connectivity index (χ0) is 23.7. The fourth-order valence-corrected chi connectivity index (χ4v) is 4.49. The summed E-state index contributed by atoms with van der Waals surface area (Å²) in [6, 6.07) is 16.6. The number of nitrogens with two attached hydrogens (primary N) is 1. The third-order valence-corrected chi connectivity index (χ3v) is 6.50. The summed E-state index contributed by atoms with van der Waals surface area (Å²) in [6.45, 7) is 0. The van der Waals surface area contributed by atoms with Gasteiger partial charge in [0.2, 0.25) is 5.16 Å². The molecule has 1 amide bonds. The third kappa shape index (κ3) is 4.29. The van der Waals surface area contributed by atoms with Crippen molar-refractivity contribution >= 4 is 35.0 Å². The molecule has 4 aromatic rings. The van der Waals surface area contributed by atoms with Crippen molar-refractivity contribution in [2.24, 2.45) is 5.10 Å². The molecule has 172 valence electrons. The van der Waals surface area contributed by atoms with Crippen LogP contribution in [-0.2, 0) is 4.79 Å². The van der Waals surface area contributed by atoms with Crippen molar-refractivity contribution in [3.8, 4) is 11.4 Å². The normalized spacial score (nSPS) is 15.5. The number of amides is 1. The lowest BCUT2D eigenvalue weighted by molar-refractivity contribution is -0.130. The van der Waals surface area contributed by atoms with Gasteiger partial charge in [-0.25, -0.2) is 14.1 Å². The molecule has 5 rings (SSSR count). The Morgan fingerprint density at radius 2 is 1.94 bits per heavy atom. The molecular formula is C23H18ClFN6O2S. The van der Waals surface area contributed by atoms with Crippen LogP contribution in [0.2, 0.25) is 5.02 Å². The van der Waals surface area contributed by atoms with E-state index in [1.807, 2.05) is 18.2 Å². The fourth-order valence-electron chi connectivity index (χ4n) is 3.65. The van der Waals surface area contributed by atoms with Crippen LogP contribution in [0.5, 0.6) is 0 Å². The van der Waals surface area contributed by atoms with Gasteiger partial charge in [0.05, 0.1) is 23.3 Å². The van der Waals surface area contributed by atoms with Crippen LogP contribution in [0.25, 0.3) is 11.4 Å². The zero-order valence-corrected chi connectivity index (χ0v) is 19.2. The molecule has 0 spiro atoms. The Hall–Kier alpha value is -3.63. The van der Waals surface area contributed by atoms with Crippen molar-refractivity contribution in [1.82, 2.24) is 19.9 Å². The van der Waals surface area contributed by atoms with E-state index in [0.717, 1.165) is 23.0 Å². The molecule has 1 aliphatic heterocycles. The Kier molecular flexibility index (Phi) is 6.08. The van der Waals surface area contributed by atoms with Crippen LogP contribution in [0.3, 0.4) is 0 Å². The molecule has 1 unspecified atom stereocenters. The SMILES string of the molecule is Nn1c(SCC(=O)N2N=C(c3ccc(Cl)cc3)CC2c2ccco2)nnc1-c1ccccc1F. The van der Waals surface area contributed by atoms with Gasteiger partial charge in [0.25, 0.3) is 5.91 Å². The average Bonchev–Trinajstić information content (AvgIpc) is 3.59. The van der Waals surface area contributed by atoms with Crippen LogP contribution in [0.15, 0.2) is 81.6 Å². The molecule has 2 N–H and O–H groups in total. The number of carbonyl (C=O) groups excluding carboxylic acids is 1. The molecule has 0 bridgehead atoms. The molecule has 3 heterocycles. The minimum Gasteiger partial charge on any atom is -0.467 e. The van der Waals surface area contributed by atoms with Gasteiger partial charge >= 0.3 is 0 Å². The predicted octanol–water partition coefficient (Wildman–Crippen LogP) is 4.51. The van der Waals surface area contributed by atoms with E-state index in [2.05, 4.69) is 15.3 Å². The van der Waals surface area contributed by atoms with Crippen LogP contribution in [0.1, 0.15) is 23.8 Å². The van der Waals surface area contributed by atoms with Gasteiger partial charge in [-0.2, -0.15) is 5.10 Å². The highest BCUT2D eigenvalue weighted by Crippen LogP contribution is 2.34. The summed E-state index contributed by atoms with van der Waals surface area (Å²) in [7, 11) is 0. The maximum absolute atomic E-state index is 14.1. The van der Waals surface area contributed by atoms with Crippen molar-refractivity contribution in [3.05, 3.63) is 89.1 Å². The Morgan fingerprint density at radius 1 is 1.15 bits per heavy atom. The van der Waals surface area contributed by atoms with E-state index >= 15 is 0 Å². The number of hydrazone groups is 1. The highest BCUT2D eigenvalue weighted by atomic mass is 35.5. The highest BCUT2D eigenvalue weighted by molar-refractivity contribution is 7.99. The zero-order valence-electron chi connectivity index (χ0n) is 17.6. The van der Waals surface area contributed by atoms with E-state index in [-0.39, 0.29) is 34.2 Å². The maximum Gasteiger partial charge on any atom is 0.253 e. The van der Waals surface area contributed by atoms with Crippen molar-refractivity contribution in [2.45, 2.75) is 17.6 Å². The number of rotatable bonds is 6. The number of hydrogen-bond acceptors (Lipinski definition) is 7. The lowest BCUT2D eigenvalue weighted by Gasteiger charge is -2.19. The molecule has 0 fully saturated rings. The van der Waals surface area contributed by atoms with Crippen molar-refractivity contribution < 1.29 is 13.6 Å². The van der Waals surface area contributed by atoms with Crippen LogP contribution >= 0.6 is 23.4 Å². The molecular weight excluding hydrogens is 479 g/mol. The summed E-state index contributed by atoms with van der Waals surface area (Å²) in [5, 5.41) is 14.9. The van der Waals surface area contributed by atoms with Gasteiger partial charge in [-0.1, -0.05) is 47.6 Å². The largest absolute Gasteiger partial charge is 0.467 e. The number of nitrogens with zero attached hydrogens (tertiary/aromatic N) is 5. The topological polar surface area (TPSA) is 103 Å². The number of nitrogen functional groups attached to an aromatic ring is 1. The van der Waals surface area contributed by atoms with E-state index in [9.17, 15) is 9.18 Å². The first-order chi connectivity index (χ1) is 16.5. The number of benzene rings is 2. The van der Waals surface area contributed by atoms with E-state index < -0.39 is 5.82 Å². The van der Waals surface area contributed by atoms with E-state index in [0.29, 0.717) is 17.2 Å². The Bertz CT molecular complexity index is 1360. The molecule has 2 aromatic heterocycles. The summed E-state index contributed by atoms with van der Waals surface area (Å²) < 4.78 is 20.9. The Labute approximate surface area is 203 Å². The number of aromatic nitrogens is 3. The molecule has 1 aliphatic rings. The van der Waals surface area contributed by atoms with Gasteiger partial charge in [0.15, 0.2) is 5.82 Å². The summed E-state index contributed by atoms with van der Waals surface area (Å²) in [5.74, 6) is 6.17. The second kappa shape index (κ2) is 9.32. The number of furan rings is 1. The molecule has 0 saturated heterocycles.